The monoisotopic (exact) mass is 274 g/mol. The molecule has 0 fully saturated rings. The minimum Gasteiger partial charge on any atom is -0.420 e. The molecule has 0 aliphatic carbocycles. The predicted molar refractivity (Wildman–Crippen MR) is 60.8 cm³/mol. The van der Waals surface area contributed by atoms with Gasteiger partial charge in [-0.25, -0.2) is 9.15 Å². The van der Waals surface area contributed by atoms with Gasteiger partial charge in [0.05, 0.1) is 0 Å². The maximum Gasteiger partial charge on any atom is 0.499 e. The Hall–Kier alpha value is 0.628. The Morgan fingerprint density at radius 3 is 1.21 bits per heavy atom. The second-order valence-electron chi connectivity index (χ2n) is 3.18. The molecule has 0 heterocycles. The highest BCUT2D eigenvalue weighted by molar-refractivity contribution is 6.59. The maximum atomic E-state index is 9.17. The summed E-state index contributed by atoms with van der Waals surface area (Å²) in [5.41, 5.74) is 0. The molecule has 2 atom stereocenters. The molecule has 0 spiro atoms. The summed E-state index contributed by atoms with van der Waals surface area (Å²) in [6, 6.07) is 0. The first kappa shape index (κ1) is 14.6. The van der Waals surface area contributed by atoms with Crippen molar-refractivity contribution in [3.8, 4) is 0 Å². The zero-order chi connectivity index (χ0) is 11.1. The Bertz CT molecular complexity index is 130. The van der Waals surface area contributed by atoms with Crippen molar-refractivity contribution in [3.05, 3.63) is 0 Å². The molecule has 0 aromatic heterocycles. The van der Waals surface area contributed by atoms with Crippen molar-refractivity contribution < 1.29 is 27.0 Å². The molecule has 0 saturated heterocycles. The molecule has 0 radical (unpaired) electrons. The molecular formula is C4H18O6Si4. The lowest BCUT2D eigenvalue weighted by atomic mass is 11.9. The van der Waals surface area contributed by atoms with E-state index in [0.717, 1.165) is 0 Å². The molecular weight excluding hydrogens is 256 g/mol. The topological polar surface area (TPSA) is 77.4 Å². The van der Waals surface area contributed by atoms with Gasteiger partial charge < -0.3 is 17.8 Å². The average molecular weight is 275 g/mol. The Morgan fingerprint density at radius 1 is 0.714 bits per heavy atom. The van der Waals surface area contributed by atoms with Gasteiger partial charge in [-0.1, -0.05) is 0 Å². The van der Waals surface area contributed by atoms with E-state index < -0.39 is 37.1 Å². The Kier molecular flexibility index (Phi) is 8.21. The van der Waals surface area contributed by atoms with Gasteiger partial charge in [-0.05, 0) is 26.2 Å². The molecule has 10 heteroatoms. The van der Waals surface area contributed by atoms with E-state index in [4.69, 9.17) is 8.23 Å². The molecule has 0 rings (SSSR count). The first-order chi connectivity index (χ1) is 6.41. The van der Waals surface area contributed by atoms with Crippen molar-refractivity contribution >= 4 is 37.1 Å². The quantitative estimate of drug-likeness (QED) is 0.329. The van der Waals surface area contributed by atoms with Crippen LogP contribution in [0.5, 0.6) is 0 Å². The lowest BCUT2D eigenvalue weighted by molar-refractivity contribution is -0.166. The van der Waals surface area contributed by atoms with Crippen LogP contribution in [0.1, 0.15) is 0 Å². The first-order valence-corrected chi connectivity index (χ1v) is 12.9. The minimum atomic E-state index is -2.71. The normalized spacial score (nSPS) is 16.3. The molecule has 0 aromatic rings. The van der Waals surface area contributed by atoms with Crippen LogP contribution in [-0.4, -0.2) is 46.7 Å². The Balaban J connectivity index is 3.50. The van der Waals surface area contributed by atoms with Gasteiger partial charge in [0.1, 0.15) is 0 Å². The van der Waals surface area contributed by atoms with E-state index in [-0.39, 0.29) is 0 Å². The third-order valence-electron chi connectivity index (χ3n) is 0.997. The van der Waals surface area contributed by atoms with E-state index in [1.54, 1.807) is 0 Å². The van der Waals surface area contributed by atoms with Crippen molar-refractivity contribution in [2.75, 3.05) is 0 Å². The molecule has 0 aromatic carbocycles. The van der Waals surface area contributed by atoms with Crippen molar-refractivity contribution in [2.24, 2.45) is 0 Å². The summed E-state index contributed by atoms with van der Waals surface area (Å²) in [6.45, 7) is 7.63. The summed E-state index contributed by atoms with van der Waals surface area (Å²) >= 11 is 0. The summed E-state index contributed by atoms with van der Waals surface area (Å²) in [5.74, 6) is 0. The molecule has 0 amide bonds. The lowest BCUT2D eigenvalue weighted by Gasteiger charge is -2.15. The van der Waals surface area contributed by atoms with Crippen LogP contribution in [0.4, 0.5) is 0 Å². The van der Waals surface area contributed by atoms with E-state index in [9.17, 15) is 9.59 Å². The van der Waals surface area contributed by atoms with Crippen LogP contribution in [-0.2, 0) is 17.4 Å². The van der Waals surface area contributed by atoms with Crippen molar-refractivity contribution in [3.63, 3.8) is 0 Å². The molecule has 0 bridgehead atoms. The average Bonchev–Trinajstić information content (AvgIpc) is 1.98. The van der Waals surface area contributed by atoms with Crippen molar-refractivity contribution in [1.82, 2.24) is 0 Å². The van der Waals surface area contributed by atoms with Crippen LogP contribution in [0, 0.1) is 0 Å². The van der Waals surface area contributed by atoms with Gasteiger partial charge in [-0.3, -0.25) is 0 Å². The summed E-state index contributed by atoms with van der Waals surface area (Å²) in [7, 11) is -8.05. The third kappa shape index (κ3) is 9.19. The van der Waals surface area contributed by atoms with Crippen LogP contribution in [0.3, 0.4) is 0 Å². The number of hydrogen-bond acceptors (Lipinski definition) is 6. The summed E-state index contributed by atoms with van der Waals surface area (Å²) in [6.07, 6.45) is 0. The van der Waals surface area contributed by atoms with Crippen LogP contribution in [0.15, 0.2) is 0 Å². The van der Waals surface area contributed by atoms with Gasteiger partial charge in [-0.2, -0.15) is 0 Å². The predicted octanol–water partition coefficient (Wildman–Crippen LogP) is -1.65. The minimum absolute atomic E-state index is 1.31. The van der Waals surface area contributed by atoms with E-state index in [0.29, 0.717) is 0 Å². The highest BCUT2D eigenvalue weighted by atomic mass is 28.4. The second kappa shape index (κ2) is 7.86. The van der Waals surface area contributed by atoms with Gasteiger partial charge in [-0.15, -0.1) is 0 Å². The molecule has 2 unspecified atom stereocenters. The lowest BCUT2D eigenvalue weighted by Crippen LogP contribution is -2.35. The highest BCUT2D eigenvalue weighted by Crippen LogP contribution is 1.95. The Morgan fingerprint density at radius 2 is 1.00 bits per heavy atom. The zero-order valence-corrected chi connectivity index (χ0v) is 13.5. The van der Waals surface area contributed by atoms with Crippen molar-refractivity contribution in [1.29, 1.82) is 0 Å². The summed E-state index contributed by atoms with van der Waals surface area (Å²) in [5, 5.41) is 0. The second-order valence-corrected chi connectivity index (χ2v) is 11.2. The SMILES string of the molecule is C[SiH](C)O[SiH](O)OO[SiH](O)O[SiH](C)C. The molecule has 6 nitrogen and oxygen atoms in total. The number of rotatable bonds is 7. The molecule has 2 N–H and O–H groups in total. The fourth-order valence-corrected chi connectivity index (χ4v) is 5.45. The highest BCUT2D eigenvalue weighted by Gasteiger charge is 2.19. The van der Waals surface area contributed by atoms with Gasteiger partial charge in [0.15, 0.2) is 18.1 Å². The fraction of sp³-hybridized carbons (Fsp3) is 1.00. The molecule has 86 valence electrons. The third-order valence-corrected chi connectivity index (χ3v) is 7.99. The first-order valence-electron chi connectivity index (χ1n) is 4.41. The standard InChI is InChI=1S/C4H18O6Si4/c1-11(2)9-13(5)7-8-14(6)10-12(3)4/h5-6,11-14H,1-4H3. The largest absolute Gasteiger partial charge is 0.499 e. The van der Waals surface area contributed by atoms with E-state index in [1.165, 1.54) is 0 Å². The smallest absolute Gasteiger partial charge is 0.420 e. The Labute approximate surface area is 90.7 Å². The van der Waals surface area contributed by atoms with E-state index in [1.807, 2.05) is 26.2 Å². The van der Waals surface area contributed by atoms with Crippen LogP contribution in [0.25, 0.3) is 0 Å². The maximum absolute atomic E-state index is 9.17. The van der Waals surface area contributed by atoms with Gasteiger partial charge in [0, 0.05) is 0 Å². The van der Waals surface area contributed by atoms with E-state index >= 15 is 0 Å². The van der Waals surface area contributed by atoms with Crippen LogP contribution in [0.2, 0.25) is 26.2 Å². The molecule has 0 saturated carbocycles. The number of hydrogen-bond donors (Lipinski definition) is 2. The zero-order valence-electron chi connectivity index (χ0n) is 8.84. The van der Waals surface area contributed by atoms with Crippen molar-refractivity contribution in [2.45, 2.75) is 26.2 Å². The van der Waals surface area contributed by atoms with Gasteiger partial charge in [0.25, 0.3) is 0 Å². The van der Waals surface area contributed by atoms with E-state index in [2.05, 4.69) is 9.15 Å². The fourth-order valence-electron chi connectivity index (χ4n) is 0.606. The summed E-state index contributed by atoms with van der Waals surface area (Å²) < 4.78 is 19.2. The van der Waals surface area contributed by atoms with Gasteiger partial charge in [0.2, 0.25) is 0 Å². The van der Waals surface area contributed by atoms with Crippen LogP contribution >= 0.6 is 0 Å². The molecule has 0 aliphatic rings. The molecule has 14 heavy (non-hydrogen) atoms. The summed E-state index contributed by atoms with van der Waals surface area (Å²) in [4.78, 5) is 18.3. The van der Waals surface area contributed by atoms with Gasteiger partial charge >= 0.3 is 19.1 Å². The molecule has 0 aliphatic heterocycles. The van der Waals surface area contributed by atoms with Crippen LogP contribution < -0.4 is 0 Å².